The molecule has 0 aromatic heterocycles. The normalized spacial score (nSPS) is 12.7. The van der Waals surface area contributed by atoms with Gasteiger partial charge in [-0.25, -0.2) is 17.9 Å². The summed E-state index contributed by atoms with van der Waals surface area (Å²) in [4.78, 5) is 11.4. The molecular weight excluding hydrogens is 426 g/mol. The molecule has 0 aliphatic heterocycles. The molecule has 1 aromatic rings. The van der Waals surface area contributed by atoms with Gasteiger partial charge in [-0.15, -0.1) is 0 Å². The minimum Gasteiger partial charge on any atom is -0.443 e. The van der Waals surface area contributed by atoms with Gasteiger partial charge in [-0.05, 0) is 44.5 Å². The number of hydrogen-bond donors (Lipinski definition) is 1. The lowest BCUT2D eigenvalue weighted by Crippen LogP contribution is -2.36. The third-order valence-corrected chi connectivity index (χ3v) is 5.00. The van der Waals surface area contributed by atoms with E-state index >= 15 is 0 Å². The van der Waals surface area contributed by atoms with Crippen LogP contribution in [-0.2, 0) is 35.7 Å². The van der Waals surface area contributed by atoms with Crippen molar-refractivity contribution >= 4 is 42.2 Å². The van der Waals surface area contributed by atoms with Crippen LogP contribution in [0.2, 0.25) is 0 Å². The maximum absolute atomic E-state index is 12.2. The largest absolute Gasteiger partial charge is 0.443 e. The van der Waals surface area contributed by atoms with Crippen molar-refractivity contribution in [2.45, 2.75) is 37.9 Å². The van der Waals surface area contributed by atoms with Crippen LogP contribution < -0.4 is 4.72 Å². The summed E-state index contributed by atoms with van der Waals surface area (Å²) in [6.07, 6.45) is -0.231. The first-order chi connectivity index (χ1) is 10.7. The lowest BCUT2D eigenvalue weighted by molar-refractivity contribution is 0.0570. The highest BCUT2D eigenvalue weighted by Crippen LogP contribution is 2.22. The van der Waals surface area contributed by atoms with Gasteiger partial charge < -0.3 is 4.74 Å². The van der Waals surface area contributed by atoms with Crippen molar-refractivity contribution in [3.05, 3.63) is 28.2 Å². The van der Waals surface area contributed by atoms with Crippen molar-refractivity contribution < 1.29 is 30.6 Å². The van der Waals surface area contributed by atoms with E-state index in [1.165, 1.54) is 18.2 Å². The molecule has 0 unspecified atom stereocenters. The van der Waals surface area contributed by atoms with Crippen molar-refractivity contribution in [1.82, 2.24) is 4.72 Å². The molecule has 1 rings (SSSR count). The molecule has 24 heavy (non-hydrogen) atoms. The Hall–Kier alpha value is -1.17. The minimum absolute atomic E-state index is 0.233. The second-order valence-corrected chi connectivity index (χ2v) is 10.0. The van der Waals surface area contributed by atoms with Crippen molar-refractivity contribution in [3.8, 4) is 0 Å². The van der Waals surface area contributed by atoms with Gasteiger partial charge in [0.25, 0.3) is 20.1 Å². The molecule has 0 radical (unpaired) electrons. The average Bonchev–Trinajstić information content (AvgIpc) is 2.33. The number of sulfonamides is 1. The van der Waals surface area contributed by atoms with E-state index in [-0.39, 0.29) is 17.1 Å². The Balaban J connectivity index is 3.02. The molecule has 0 saturated heterocycles. The summed E-state index contributed by atoms with van der Waals surface area (Å²) in [6.45, 7) is 4.44. The van der Waals surface area contributed by atoms with Crippen molar-refractivity contribution in [2.75, 3.05) is 6.26 Å². The molecule has 11 heteroatoms. The van der Waals surface area contributed by atoms with Crippen LogP contribution in [0.15, 0.2) is 27.6 Å². The van der Waals surface area contributed by atoms with Gasteiger partial charge in [-0.3, -0.25) is 4.18 Å². The highest BCUT2D eigenvalue weighted by Gasteiger charge is 2.23. The highest BCUT2D eigenvalue weighted by molar-refractivity contribution is 9.10. The Labute approximate surface area is 149 Å². The molecule has 0 saturated carbocycles. The summed E-state index contributed by atoms with van der Waals surface area (Å²) in [5.74, 6) is 0. The number of nitrogens with one attached hydrogen (secondary N) is 1. The van der Waals surface area contributed by atoms with Crippen LogP contribution in [0.5, 0.6) is 0 Å². The van der Waals surface area contributed by atoms with E-state index in [1.54, 1.807) is 25.5 Å². The monoisotopic (exact) mass is 443 g/mol. The number of rotatable bonds is 5. The van der Waals surface area contributed by atoms with E-state index in [1.807, 2.05) is 0 Å². The molecule has 0 aliphatic rings. The van der Waals surface area contributed by atoms with Crippen molar-refractivity contribution in [2.24, 2.45) is 0 Å². The van der Waals surface area contributed by atoms with Gasteiger partial charge in [0.05, 0.1) is 17.8 Å². The summed E-state index contributed by atoms with van der Waals surface area (Å²) in [5.41, 5.74) is -0.569. The molecule has 0 aliphatic carbocycles. The van der Waals surface area contributed by atoms with Crippen LogP contribution in [-0.4, -0.2) is 34.8 Å². The third kappa shape index (κ3) is 7.16. The second kappa shape index (κ2) is 7.38. The maximum atomic E-state index is 12.2. The first-order valence-electron chi connectivity index (χ1n) is 6.58. The van der Waals surface area contributed by atoms with Gasteiger partial charge in [0.15, 0.2) is 0 Å². The molecule has 8 nitrogen and oxygen atoms in total. The van der Waals surface area contributed by atoms with Crippen molar-refractivity contribution in [1.29, 1.82) is 0 Å². The second-order valence-electron chi connectivity index (χ2n) is 5.83. The van der Waals surface area contributed by atoms with E-state index in [4.69, 9.17) is 4.74 Å². The molecule has 1 aromatic carbocycles. The fraction of sp³-hybridized carbons (Fsp3) is 0.462. The number of carbonyl (C=O) groups excluding carboxylic acids is 1. The number of ether oxygens (including phenoxy) is 1. The topological polar surface area (TPSA) is 116 Å². The molecular formula is C13H18BrNO7S2. The fourth-order valence-electron chi connectivity index (χ4n) is 1.47. The lowest BCUT2D eigenvalue weighted by Gasteiger charge is -2.19. The third-order valence-electron chi connectivity index (χ3n) is 2.37. The molecule has 0 fully saturated rings. The van der Waals surface area contributed by atoms with E-state index in [2.05, 4.69) is 20.1 Å². The van der Waals surface area contributed by atoms with E-state index < -0.39 is 31.8 Å². The summed E-state index contributed by atoms with van der Waals surface area (Å²) >= 11 is 3.17. The zero-order valence-corrected chi connectivity index (χ0v) is 16.7. The summed E-state index contributed by atoms with van der Waals surface area (Å²) < 4.78 is 58.3. The zero-order chi connectivity index (χ0) is 18.8. The highest BCUT2D eigenvalue weighted by atomic mass is 79.9. The summed E-state index contributed by atoms with van der Waals surface area (Å²) in [7, 11) is -7.86. The number of hydrogen-bond acceptors (Lipinski definition) is 7. The molecule has 0 heterocycles. The molecule has 0 spiro atoms. The fourth-order valence-corrected chi connectivity index (χ4v) is 3.09. The van der Waals surface area contributed by atoms with Gasteiger partial charge in [0.2, 0.25) is 0 Å². The minimum atomic E-state index is -4.18. The molecule has 0 atom stereocenters. The van der Waals surface area contributed by atoms with Gasteiger partial charge in [-0.1, -0.05) is 15.9 Å². The number of carbonyl (C=O) groups is 1. The van der Waals surface area contributed by atoms with E-state index in [0.29, 0.717) is 4.47 Å². The van der Waals surface area contributed by atoms with Gasteiger partial charge >= 0.3 is 6.09 Å². The molecule has 1 amide bonds. The lowest BCUT2D eigenvalue weighted by atomic mass is 10.2. The first-order valence-corrected chi connectivity index (χ1v) is 10.7. The van der Waals surface area contributed by atoms with Crippen LogP contribution in [0, 0.1) is 0 Å². The smallest absolute Gasteiger partial charge is 0.421 e. The zero-order valence-electron chi connectivity index (χ0n) is 13.5. The van der Waals surface area contributed by atoms with Crippen LogP contribution in [0.1, 0.15) is 26.3 Å². The Morgan fingerprint density at radius 2 is 1.79 bits per heavy atom. The number of halogens is 1. The summed E-state index contributed by atoms with van der Waals surface area (Å²) in [6, 6.07) is 3.85. The Morgan fingerprint density at radius 1 is 1.21 bits per heavy atom. The van der Waals surface area contributed by atoms with Gasteiger partial charge in [0, 0.05) is 4.47 Å². The van der Waals surface area contributed by atoms with E-state index in [9.17, 15) is 21.6 Å². The van der Waals surface area contributed by atoms with Gasteiger partial charge in [-0.2, -0.15) is 8.42 Å². The maximum Gasteiger partial charge on any atom is 0.421 e. The standard InChI is InChI=1S/C13H18BrNO7S2/c1-13(2,3)22-12(16)15-24(19,20)10-5-6-11(14)9(7-10)8-21-23(4,17)18/h5-7H,8H2,1-4H3,(H,15,16). The van der Waals surface area contributed by atoms with E-state index in [0.717, 1.165) is 6.26 Å². The Kier molecular flexibility index (Phi) is 6.42. The first kappa shape index (κ1) is 20.9. The van der Waals surface area contributed by atoms with Crippen LogP contribution >= 0.6 is 15.9 Å². The SMILES string of the molecule is CC(C)(C)OC(=O)NS(=O)(=O)c1ccc(Br)c(COS(C)(=O)=O)c1. The quantitative estimate of drug-likeness (QED) is 0.692. The molecule has 136 valence electrons. The Bertz CT molecular complexity index is 826. The predicted octanol–water partition coefficient (Wildman–Crippen LogP) is 2.14. The number of benzene rings is 1. The Morgan fingerprint density at radius 3 is 2.29 bits per heavy atom. The summed E-state index contributed by atoms with van der Waals surface area (Å²) in [5, 5.41) is 0. The predicted molar refractivity (Wildman–Crippen MR) is 90.3 cm³/mol. The number of amides is 1. The van der Waals surface area contributed by atoms with Crippen LogP contribution in [0.4, 0.5) is 4.79 Å². The van der Waals surface area contributed by atoms with Crippen molar-refractivity contribution in [3.63, 3.8) is 0 Å². The molecule has 0 bridgehead atoms. The van der Waals surface area contributed by atoms with Crippen LogP contribution in [0.25, 0.3) is 0 Å². The average molecular weight is 444 g/mol. The molecule has 1 N–H and O–H groups in total. The van der Waals surface area contributed by atoms with Gasteiger partial charge in [0.1, 0.15) is 5.60 Å². The van der Waals surface area contributed by atoms with Crippen LogP contribution in [0.3, 0.4) is 0 Å².